The summed E-state index contributed by atoms with van der Waals surface area (Å²) < 4.78 is 5.63. The second-order valence-electron chi connectivity index (χ2n) is 3.13. The summed E-state index contributed by atoms with van der Waals surface area (Å²) in [7, 11) is 0. The van der Waals surface area contributed by atoms with Crippen LogP contribution in [0.25, 0.3) is 0 Å². The average molecular weight is 142 g/mol. The molecule has 0 spiro atoms. The number of ether oxygens (including phenoxy) is 1. The van der Waals surface area contributed by atoms with Gasteiger partial charge in [0, 0.05) is 6.61 Å². The van der Waals surface area contributed by atoms with Crippen molar-refractivity contribution in [2.24, 2.45) is 5.92 Å². The first kappa shape index (κ1) is 8.06. The van der Waals surface area contributed by atoms with Gasteiger partial charge in [-0.15, -0.1) is 0 Å². The van der Waals surface area contributed by atoms with Crippen LogP contribution in [-0.2, 0) is 4.74 Å². The molecule has 1 nitrogen and oxygen atoms in total. The molecule has 1 fully saturated rings. The molecule has 0 aliphatic carbocycles. The highest BCUT2D eigenvalue weighted by atomic mass is 16.5. The third-order valence-corrected chi connectivity index (χ3v) is 2.50. The number of hydrogen-bond donors (Lipinski definition) is 0. The predicted molar refractivity (Wildman–Crippen MR) is 43.0 cm³/mol. The smallest absolute Gasteiger partial charge is 0.0600 e. The Kier molecular flexibility index (Phi) is 3.20. The van der Waals surface area contributed by atoms with Crippen molar-refractivity contribution in [3.8, 4) is 0 Å². The molecule has 1 saturated heterocycles. The maximum absolute atomic E-state index is 5.63. The van der Waals surface area contributed by atoms with Gasteiger partial charge >= 0.3 is 0 Å². The van der Waals surface area contributed by atoms with E-state index in [1.165, 1.54) is 25.7 Å². The van der Waals surface area contributed by atoms with Crippen molar-refractivity contribution >= 4 is 0 Å². The summed E-state index contributed by atoms with van der Waals surface area (Å²) in [6.07, 6.45) is 5.71. The molecule has 10 heavy (non-hydrogen) atoms. The third-order valence-electron chi connectivity index (χ3n) is 2.50. The summed E-state index contributed by atoms with van der Waals surface area (Å²) in [6, 6.07) is 0. The van der Waals surface area contributed by atoms with E-state index in [1.807, 2.05) is 0 Å². The van der Waals surface area contributed by atoms with Crippen LogP contribution in [0.15, 0.2) is 0 Å². The Balaban J connectivity index is 2.34. The molecule has 1 rings (SSSR count). The molecule has 0 N–H and O–H groups in total. The molecule has 0 amide bonds. The highest BCUT2D eigenvalue weighted by Gasteiger charge is 2.21. The molecule has 1 aliphatic rings. The van der Waals surface area contributed by atoms with Crippen LogP contribution in [0, 0.1) is 5.92 Å². The zero-order valence-electron chi connectivity index (χ0n) is 7.10. The van der Waals surface area contributed by atoms with Crippen LogP contribution in [0.2, 0.25) is 0 Å². The van der Waals surface area contributed by atoms with Crippen LogP contribution >= 0.6 is 0 Å². The lowest BCUT2D eigenvalue weighted by molar-refractivity contribution is -0.0290. The molecule has 0 bridgehead atoms. The van der Waals surface area contributed by atoms with Gasteiger partial charge < -0.3 is 4.74 Å². The lowest BCUT2D eigenvalue weighted by Gasteiger charge is -2.30. The SMILES string of the molecule is CCC1CCCOC1CC. The minimum Gasteiger partial charge on any atom is -0.378 e. The normalized spacial score (nSPS) is 34.2. The van der Waals surface area contributed by atoms with Crippen molar-refractivity contribution in [3.63, 3.8) is 0 Å². The molecule has 2 atom stereocenters. The molecule has 0 aromatic carbocycles. The lowest BCUT2D eigenvalue weighted by atomic mass is 9.90. The summed E-state index contributed by atoms with van der Waals surface area (Å²) in [4.78, 5) is 0. The van der Waals surface area contributed by atoms with Crippen LogP contribution in [0.1, 0.15) is 39.5 Å². The molecule has 1 heteroatoms. The average Bonchev–Trinajstić information content (AvgIpc) is 2.04. The van der Waals surface area contributed by atoms with Gasteiger partial charge in [-0.1, -0.05) is 20.3 Å². The van der Waals surface area contributed by atoms with Gasteiger partial charge in [-0.05, 0) is 25.2 Å². The van der Waals surface area contributed by atoms with E-state index in [0.29, 0.717) is 6.10 Å². The Morgan fingerprint density at radius 3 is 2.60 bits per heavy atom. The Morgan fingerprint density at radius 1 is 1.30 bits per heavy atom. The summed E-state index contributed by atoms with van der Waals surface area (Å²) in [5.41, 5.74) is 0. The van der Waals surface area contributed by atoms with Crippen LogP contribution in [0.5, 0.6) is 0 Å². The van der Waals surface area contributed by atoms with Gasteiger partial charge in [0.15, 0.2) is 0 Å². The Labute approximate surface area is 63.8 Å². The summed E-state index contributed by atoms with van der Waals surface area (Å²) in [5.74, 6) is 0.846. The second kappa shape index (κ2) is 3.97. The van der Waals surface area contributed by atoms with Crippen molar-refractivity contribution in [2.45, 2.75) is 45.6 Å². The lowest BCUT2D eigenvalue weighted by Crippen LogP contribution is -2.28. The van der Waals surface area contributed by atoms with Crippen molar-refractivity contribution in [2.75, 3.05) is 6.61 Å². The highest BCUT2D eigenvalue weighted by Crippen LogP contribution is 2.25. The summed E-state index contributed by atoms with van der Waals surface area (Å²) in [6.45, 7) is 5.48. The topological polar surface area (TPSA) is 9.23 Å². The Hall–Kier alpha value is -0.0400. The fourth-order valence-electron chi connectivity index (χ4n) is 1.82. The maximum atomic E-state index is 5.63. The van der Waals surface area contributed by atoms with E-state index >= 15 is 0 Å². The molecule has 0 aromatic heterocycles. The van der Waals surface area contributed by atoms with Crippen molar-refractivity contribution in [1.82, 2.24) is 0 Å². The zero-order chi connectivity index (χ0) is 7.40. The van der Waals surface area contributed by atoms with Gasteiger partial charge in [0.05, 0.1) is 6.10 Å². The molecule has 0 saturated carbocycles. The van der Waals surface area contributed by atoms with Gasteiger partial charge in [-0.2, -0.15) is 0 Å². The maximum Gasteiger partial charge on any atom is 0.0600 e. The Morgan fingerprint density at radius 2 is 2.10 bits per heavy atom. The van der Waals surface area contributed by atoms with E-state index in [1.54, 1.807) is 0 Å². The van der Waals surface area contributed by atoms with E-state index in [2.05, 4.69) is 13.8 Å². The molecule has 1 aliphatic heterocycles. The minimum atomic E-state index is 0.568. The quantitative estimate of drug-likeness (QED) is 0.576. The van der Waals surface area contributed by atoms with E-state index in [4.69, 9.17) is 4.74 Å². The van der Waals surface area contributed by atoms with Gasteiger partial charge in [0.25, 0.3) is 0 Å². The molecule has 0 radical (unpaired) electrons. The van der Waals surface area contributed by atoms with Crippen molar-refractivity contribution < 1.29 is 4.74 Å². The number of hydrogen-bond acceptors (Lipinski definition) is 1. The van der Waals surface area contributed by atoms with Crippen LogP contribution in [0.4, 0.5) is 0 Å². The summed E-state index contributed by atoms with van der Waals surface area (Å²) in [5, 5.41) is 0. The van der Waals surface area contributed by atoms with Crippen molar-refractivity contribution in [1.29, 1.82) is 0 Å². The van der Waals surface area contributed by atoms with E-state index in [-0.39, 0.29) is 0 Å². The number of rotatable bonds is 2. The predicted octanol–water partition coefficient (Wildman–Crippen LogP) is 2.60. The van der Waals surface area contributed by atoms with Gasteiger partial charge in [0.2, 0.25) is 0 Å². The molecule has 2 unspecified atom stereocenters. The first-order valence-corrected chi connectivity index (χ1v) is 4.50. The third kappa shape index (κ3) is 1.72. The van der Waals surface area contributed by atoms with Crippen LogP contribution < -0.4 is 0 Å². The van der Waals surface area contributed by atoms with Gasteiger partial charge in [-0.25, -0.2) is 0 Å². The highest BCUT2D eigenvalue weighted by molar-refractivity contribution is 4.71. The molecule has 1 heterocycles. The second-order valence-corrected chi connectivity index (χ2v) is 3.13. The van der Waals surface area contributed by atoms with Crippen LogP contribution in [0.3, 0.4) is 0 Å². The molecule has 0 aromatic rings. The van der Waals surface area contributed by atoms with E-state index < -0.39 is 0 Å². The van der Waals surface area contributed by atoms with E-state index in [9.17, 15) is 0 Å². The Bertz CT molecular complexity index is 78.7. The molecule has 60 valence electrons. The van der Waals surface area contributed by atoms with E-state index in [0.717, 1.165) is 12.5 Å². The molecular formula is C9H18O. The van der Waals surface area contributed by atoms with Crippen molar-refractivity contribution in [3.05, 3.63) is 0 Å². The van der Waals surface area contributed by atoms with Gasteiger partial charge in [0.1, 0.15) is 0 Å². The van der Waals surface area contributed by atoms with Crippen LogP contribution in [-0.4, -0.2) is 12.7 Å². The first-order valence-electron chi connectivity index (χ1n) is 4.50. The zero-order valence-corrected chi connectivity index (χ0v) is 7.10. The van der Waals surface area contributed by atoms with Gasteiger partial charge in [-0.3, -0.25) is 0 Å². The first-order chi connectivity index (χ1) is 4.88. The standard InChI is InChI=1S/C9H18O/c1-3-8-6-5-7-10-9(8)4-2/h8-9H,3-7H2,1-2H3. The fraction of sp³-hybridized carbons (Fsp3) is 1.00. The summed E-state index contributed by atoms with van der Waals surface area (Å²) >= 11 is 0. The monoisotopic (exact) mass is 142 g/mol. The fourth-order valence-corrected chi connectivity index (χ4v) is 1.82. The largest absolute Gasteiger partial charge is 0.378 e. The minimum absolute atomic E-state index is 0.568. The molecular weight excluding hydrogens is 124 g/mol.